The highest BCUT2D eigenvalue weighted by Gasteiger charge is 2.14. The molecule has 0 spiro atoms. The van der Waals surface area contributed by atoms with Gasteiger partial charge in [0.25, 0.3) is 0 Å². The summed E-state index contributed by atoms with van der Waals surface area (Å²) in [5, 5.41) is 11.5. The van der Waals surface area contributed by atoms with Crippen LogP contribution in [0.4, 0.5) is 0 Å². The third-order valence-electron chi connectivity index (χ3n) is 4.73. The number of nitrogens with one attached hydrogen (secondary N) is 1. The molecule has 8 heteroatoms. The maximum absolute atomic E-state index is 12.4. The predicted molar refractivity (Wildman–Crippen MR) is 117 cm³/mol. The minimum absolute atomic E-state index is 0.0217. The first kappa shape index (κ1) is 19.6. The van der Waals surface area contributed by atoms with Gasteiger partial charge < -0.3 is 5.32 Å². The van der Waals surface area contributed by atoms with E-state index in [4.69, 9.17) is 0 Å². The Hall–Kier alpha value is -2.71. The Morgan fingerprint density at radius 3 is 2.83 bits per heavy atom. The van der Waals surface area contributed by atoms with Crippen LogP contribution >= 0.6 is 23.1 Å². The molecule has 0 radical (unpaired) electrons. The molecule has 0 saturated heterocycles. The number of nitrogens with zero attached hydrogens (tertiary/aromatic N) is 4. The van der Waals surface area contributed by atoms with Gasteiger partial charge in [-0.15, -0.1) is 11.3 Å². The molecule has 0 aliphatic rings. The Balaban J connectivity index is 1.36. The summed E-state index contributed by atoms with van der Waals surface area (Å²) < 4.78 is 2.00. The minimum atomic E-state index is -0.0217. The van der Waals surface area contributed by atoms with Crippen molar-refractivity contribution in [1.82, 2.24) is 25.1 Å². The lowest BCUT2D eigenvalue weighted by molar-refractivity contribution is -0.118. The van der Waals surface area contributed by atoms with E-state index in [0.717, 1.165) is 38.7 Å². The van der Waals surface area contributed by atoms with Crippen LogP contribution in [0.2, 0.25) is 0 Å². The number of thioether (sulfide) groups is 1. The molecule has 0 fully saturated rings. The molecule has 1 aromatic carbocycles. The molecule has 4 rings (SSSR count). The largest absolute Gasteiger partial charge is 0.351 e. The summed E-state index contributed by atoms with van der Waals surface area (Å²) in [5.74, 6) is 0.296. The van der Waals surface area contributed by atoms with Crippen molar-refractivity contribution in [2.24, 2.45) is 0 Å². The summed E-state index contributed by atoms with van der Waals surface area (Å²) in [4.78, 5) is 21.9. The van der Waals surface area contributed by atoms with Crippen molar-refractivity contribution in [3.8, 4) is 0 Å². The molecule has 0 saturated carbocycles. The monoisotopic (exact) mass is 423 g/mol. The molecule has 0 aliphatic heterocycles. The number of aromatic nitrogens is 4. The third-order valence-corrected chi connectivity index (χ3v) is 6.56. The van der Waals surface area contributed by atoms with Crippen LogP contribution in [0, 0.1) is 13.8 Å². The molecule has 0 unspecified atom stereocenters. The van der Waals surface area contributed by atoms with Gasteiger partial charge in [0.1, 0.15) is 16.2 Å². The van der Waals surface area contributed by atoms with Crippen LogP contribution in [0.5, 0.6) is 0 Å². The SMILES string of the molecule is Cc1nn(Cc2ccccc2)c(C)c1CNC(=O)CSc1ncnc2sccc12. The maximum atomic E-state index is 12.4. The number of fused-ring (bicyclic) bond motifs is 1. The number of benzene rings is 1. The van der Waals surface area contributed by atoms with Crippen LogP contribution in [-0.4, -0.2) is 31.4 Å². The van der Waals surface area contributed by atoms with Gasteiger partial charge in [0, 0.05) is 23.2 Å². The van der Waals surface area contributed by atoms with Gasteiger partial charge in [-0.25, -0.2) is 9.97 Å². The van der Waals surface area contributed by atoms with Crippen LogP contribution < -0.4 is 5.32 Å². The van der Waals surface area contributed by atoms with Crippen LogP contribution in [-0.2, 0) is 17.9 Å². The summed E-state index contributed by atoms with van der Waals surface area (Å²) in [7, 11) is 0. The average Bonchev–Trinajstić information content (AvgIpc) is 3.31. The van der Waals surface area contributed by atoms with E-state index >= 15 is 0 Å². The molecule has 1 N–H and O–H groups in total. The summed E-state index contributed by atoms with van der Waals surface area (Å²) in [6.45, 7) is 5.23. The van der Waals surface area contributed by atoms with Gasteiger partial charge >= 0.3 is 0 Å². The van der Waals surface area contributed by atoms with Crippen LogP contribution in [0.3, 0.4) is 0 Å². The molecule has 6 nitrogen and oxygen atoms in total. The lowest BCUT2D eigenvalue weighted by atomic mass is 10.2. The van der Waals surface area contributed by atoms with E-state index in [1.807, 2.05) is 48.2 Å². The van der Waals surface area contributed by atoms with Crippen molar-refractivity contribution >= 4 is 39.2 Å². The molecular formula is C21H21N5OS2. The second-order valence-electron chi connectivity index (χ2n) is 6.68. The van der Waals surface area contributed by atoms with Crippen LogP contribution in [0.25, 0.3) is 10.2 Å². The topological polar surface area (TPSA) is 72.7 Å². The number of hydrogen-bond acceptors (Lipinski definition) is 6. The summed E-state index contributed by atoms with van der Waals surface area (Å²) in [5.41, 5.74) is 4.30. The van der Waals surface area contributed by atoms with Gasteiger partial charge in [0.15, 0.2) is 0 Å². The zero-order valence-electron chi connectivity index (χ0n) is 16.3. The molecule has 1 amide bonds. The van der Waals surface area contributed by atoms with Gasteiger partial charge in [0.2, 0.25) is 5.91 Å². The number of hydrogen-bond donors (Lipinski definition) is 1. The zero-order valence-corrected chi connectivity index (χ0v) is 17.9. The number of carbonyl (C=O) groups excluding carboxylic acids is 1. The van der Waals surface area contributed by atoms with E-state index in [-0.39, 0.29) is 5.91 Å². The minimum Gasteiger partial charge on any atom is -0.351 e. The molecular weight excluding hydrogens is 402 g/mol. The van der Waals surface area contributed by atoms with Gasteiger partial charge in [0.05, 0.1) is 18.0 Å². The second kappa shape index (κ2) is 8.75. The zero-order chi connectivity index (χ0) is 20.2. The highest BCUT2D eigenvalue weighted by Crippen LogP contribution is 2.27. The average molecular weight is 424 g/mol. The predicted octanol–water partition coefficient (Wildman–Crippen LogP) is 3.96. The number of rotatable bonds is 7. The summed E-state index contributed by atoms with van der Waals surface area (Å²) in [6.07, 6.45) is 1.55. The first-order valence-electron chi connectivity index (χ1n) is 9.26. The van der Waals surface area contributed by atoms with Gasteiger partial charge in [-0.1, -0.05) is 42.1 Å². The van der Waals surface area contributed by atoms with Crippen molar-refractivity contribution in [2.75, 3.05) is 5.75 Å². The summed E-state index contributed by atoms with van der Waals surface area (Å²) >= 11 is 3.01. The number of thiophene rings is 1. The van der Waals surface area contributed by atoms with Gasteiger partial charge in [-0.2, -0.15) is 5.10 Å². The molecule has 3 aromatic heterocycles. The van der Waals surface area contributed by atoms with E-state index < -0.39 is 0 Å². The normalized spacial score (nSPS) is 11.1. The number of amides is 1. The quantitative estimate of drug-likeness (QED) is 0.360. The fourth-order valence-corrected chi connectivity index (χ4v) is 4.76. The highest BCUT2D eigenvalue weighted by atomic mass is 32.2. The Morgan fingerprint density at radius 2 is 2.00 bits per heavy atom. The van der Waals surface area contributed by atoms with Crippen molar-refractivity contribution in [1.29, 1.82) is 0 Å². The molecule has 0 bridgehead atoms. The highest BCUT2D eigenvalue weighted by molar-refractivity contribution is 8.00. The van der Waals surface area contributed by atoms with E-state index in [1.165, 1.54) is 17.3 Å². The van der Waals surface area contributed by atoms with Crippen LogP contribution in [0.15, 0.2) is 53.1 Å². The van der Waals surface area contributed by atoms with Crippen molar-refractivity contribution in [2.45, 2.75) is 32.0 Å². The molecule has 3 heterocycles. The fourth-order valence-electron chi connectivity index (χ4n) is 3.15. The van der Waals surface area contributed by atoms with E-state index in [1.54, 1.807) is 17.7 Å². The fraction of sp³-hybridized carbons (Fsp3) is 0.238. The Morgan fingerprint density at radius 1 is 1.17 bits per heavy atom. The van der Waals surface area contributed by atoms with E-state index in [2.05, 4.69) is 32.5 Å². The molecule has 29 heavy (non-hydrogen) atoms. The third kappa shape index (κ3) is 4.49. The molecule has 0 aliphatic carbocycles. The first-order chi connectivity index (χ1) is 14.1. The lowest BCUT2D eigenvalue weighted by Crippen LogP contribution is -2.25. The van der Waals surface area contributed by atoms with E-state index in [0.29, 0.717) is 12.3 Å². The lowest BCUT2D eigenvalue weighted by Gasteiger charge is -2.07. The molecule has 0 atom stereocenters. The van der Waals surface area contributed by atoms with Gasteiger partial charge in [-0.3, -0.25) is 9.48 Å². The smallest absolute Gasteiger partial charge is 0.230 e. The number of carbonyl (C=O) groups is 1. The molecule has 4 aromatic rings. The van der Waals surface area contributed by atoms with Crippen molar-refractivity contribution in [3.63, 3.8) is 0 Å². The maximum Gasteiger partial charge on any atom is 0.230 e. The Kier molecular flexibility index (Phi) is 5.92. The van der Waals surface area contributed by atoms with Crippen molar-refractivity contribution < 1.29 is 4.79 Å². The molecule has 148 valence electrons. The number of aryl methyl sites for hydroxylation is 1. The second-order valence-corrected chi connectivity index (χ2v) is 8.53. The van der Waals surface area contributed by atoms with Crippen LogP contribution in [0.1, 0.15) is 22.5 Å². The standard InChI is InChI=1S/C21H21N5OS2/c1-14-18(15(2)26(25-14)11-16-6-4-3-5-7-16)10-22-19(27)12-29-21-17-8-9-28-20(17)23-13-24-21/h3-9,13H,10-12H2,1-2H3,(H,22,27). The van der Waals surface area contributed by atoms with E-state index in [9.17, 15) is 4.79 Å². The Bertz CT molecular complexity index is 1140. The summed E-state index contributed by atoms with van der Waals surface area (Å²) in [6, 6.07) is 12.2. The van der Waals surface area contributed by atoms with Gasteiger partial charge in [-0.05, 0) is 30.9 Å². The first-order valence-corrected chi connectivity index (χ1v) is 11.1. The van der Waals surface area contributed by atoms with Crippen molar-refractivity contribution in [3.05, 3.63) is 70.6 Å². The Labute approximate surface area is 177 Å².